The van der Waals surface area contributed by atoms with Crippen LogP contribution in [0.4, 0.5) is 18.0 Å². The lowest BCUT2D eigenvalue weighted by Gasteiger charge is -2.21. The van der Waals surface area contributed by atoms with E-state index in [2.05, 4.69) is 5.32 Å². The summed E-state index contributed by atoms with van der Waals surface area (Å²) in [6, 6.07) is 3.79. The molecule has 0 aliphatic rings. The van der Waals surface area contributed by atoms with Crippen LogP contribution in [-0.2, 0) is 37.1 Å². The van der Waals surface area contributed by atoms with E-state index in [0.717, 1.165) is 12.1 Å². The second-order valence-corrected chi connectivity index (χ2v) is 9.00. The number of urea groups is 1. The van der Waals surface area contributed by atoms with Gasteiger partial charge in [0.2, 0.25) is 10.0 Å². The Labute approximate surface area is 192 Å². The molecule has 1 aromatic heterocycles. The summed E-state index contributed by atoms with van der Waals surface area (Å²) in [4.78, 5) is 35.2. The lowest BCUT2D eigenvalue weighted by molar-refractivity contribution is -0.150. The number of halogens is 3. The molecule has 3 N–H and O–H groups in total. The van der Waals surface area contributed by atoms with E-state index >= 15 is 0 Å². The lowest BCUT2D eigenvalue weighted by Crippen LogP contribution is -2.47. The van der Waals surface area contributed by atoms with Gasteiger partial charge >= 0.3 is 18.2 Å². The van der Waals surface area contributed by atoms with Gasteiger partial charge in [-0.2, -0.15) is 17.9 Å². The van der Waals surface area contributed by atoms with E-state index in [9.17, 15) is 36.0 Å². The highest BCUT2D eigenvalue weighted by atomic mass is 32.2. The summed E-state index contributed by atoms with van der Waals surface area (Å²) >= 11 is 0. The van der Waals surface area contributed by atoms with Crippen molar-refractivity contribution >= 4 is 27.9 Å². The number of benzene rings is 1. The van der Waals surface area contributed by atoms with Gasteiger partial charge in [0.25, 0.3) is 5.91 Å². The Bertz CT molecular complexity index is 1120. The second kappa shape index (κ2) is 11.2. The Balaban J connectivity index is 1.95. The highest BCUT2D eigenvalue weighted by molar-refractivity contribution is 7.89. The molecule has 0 bridgehead atoms. The standard InChI is InChI=1S/C20H22F3N3O7S/c1-12(2)17(26-34(30,31)15-7-3-5-13(9-15)20(21,22)23)18(28)33-11-16(27)25-19(29)24-10-14-6-4-8-32-14/h3-9,12,17,26H,10-11H2,1-2H3,(H2,24,25,27,29). The number of nitrogens with one attached hydrogen (secondary N) is 3. The Hall–Kier alpha value is -3.39. The summed E-state index contributed by atoms with van der Waals surface area (Å²) in [5.74, 6) is -2.40. The van der Waals surface area contributed by atoms with Crippen molar-refractivity contribution in [2.24, 2.45) is 5.92 Å². The smallest absolute Gasteiger partial charge is 0.416 e. The van der Waals surface area contributed by atoms with Crippen molar-refractivity contribution in [3.05, 3.63) is 54.0 Å². The molecule has 0 fully saturated rings. The van der Waals surface area contributed by atoms with Gasteiger partial charge in [0.1, 0.15) is 11.8 Å². The Morgan fingerprint density at radius 3 is 2.41 bits per heavy atom. The first-order valence-electron chi connectivity index (χ1n) is 9.76. The van der Waals surface area contributed by atoms with Gasteiger partial charge in [-0.15, -0.1) is 0 Å². The minimum atomic E-state index is -4.76. The topological polar surface area (TPSA) is 144 Å². The maximum absolute atomic E-state index is 12.9. The number of ether oxygens (including phenoxy) is 1. The summed E-state index contributed by atoms with van der Waals surface area (Å²) in [6.45, 7) is 2.02. The molecule has 0 saturated carbocycles. The molecular weight excluding hydrogens is 483 g/mol. The highest BCUT2D eigenvalue weighted by Gasteiger charge is 2.34. The first kappa shape index (κ1) is 26.9. The Morgan fingerprint density at radius 2 is 1.82 bits per heavy atom. The zero-order valence-electron chi connectivity index (χ0n) is 18.0. The van der Waals surface area contributed by atoms with Crippen molar-refractivity contribution in [2.45, 2.75) is 37.5 Å². The van der Waals surface area contributed by atoms with E-state index in [4.69, 9.17) is 9.15 Å². The third kappa shape index (κ3) is 7.88. The van der Waals surface area contributed by atoms with Crippen molar-refractivity contribution in [3.63, 3.8) is 0 Å². The molecule has 2 aromatic rings. The van der Waals surface area contributed by atoms with Crippen LogP contribution in [-0.4, -0.2) is 39.0 Å². The quantitative estimate of drug-likeness (QED) is 0.443. The van der Waals surface area contributed by atoms with E-state index < -0.39 is 63.1 Å². The van der Waals surface area contributed by atoms with E-state index in [0.29, 0.717) is 17.9 Å². The van der Waals surface area contributed by atoms with Crippen LogP contribution < -0.4 is 15.4 Å². The minimum Gasteiger partial charge on any atom is -0.467 e. The molecule has 0 radical (unpaired) electrons. The van der Waals surface area contributed by atoms with Crippen LogP contribution >= 0.6 is 0 Å². The maximum Gasteiger partial charge on any atom is 0.416 e. The number of hydrogen-bond donors (Lipinski definition) is 3. The summed E-state index contributed by atoms with van der Waals surface area (Å²) < 4.78 is 75.6. The van der Waals surface area contributed by atoms with E-state index in [1.807, 2.05) is 10.0 Å². The summed E-state index contributed by atoms with van der Waals surface area (Å²) in [6.07, 6.45) is -3.37. The molecular formula is C20H22F3N3O7S. The largest absolute Gasteiger partial charge is 0.467 e. The van der Waals surface area contributed by atoms with Crippen LogP contribution in [0.5, 0.6) is 0 Å². The van der Waals surface area contributed by atoms with E-state index in [-0.39, 0.29) is 6.54 Å². The average molecular weight is 505 g/mol. The first-order valence-corrected chi connectivity index (χ1v) is 11.2. The van der Waals surface area contributed by atoms with Crippen molar-refractivity contribution in [1.29, 1.82) is 0 Å². The fourth-order valence-electron chi connectivity index (χ4n) is 2.55. The number of imide groups is 1. The fraction of sp³-hybridized carbons (Fsp3) is 0.350. The van der Waals surface area contributed by atoms with E-state index in [1.165, 1.54) is 20.1 Å². The molecule has 0 saturated heterocycles. The van der Waals surface area contributed by atoms with Gasteiger partial charge in [0.15, 0.2) is 6.61 Å². The normalized spacial score (nSPS) is 12.8. The summed E-state index contributed by atoms with van der Waals surface area (Å²) in [5, 5.41) is 4.24. The number of amides is 3. The van der Waals surface area contributed by atoms with Gasteiger partial charge < -0.3 is 14.5 Å². The summed E-state index contributed by atoms with van der Waals surface area (Å²) in [5.41, 5.74) is -1.18. The Morgan fingerprint density at radius 1 is 1.12 bits per heavy atom. The van der Waals surface area contributed by atoms with Crippen molar-refractivity contribution in [1.82, 2.24) is 15.4 Å². The van der Waals surface area contributed by atoms with Crippen LogP contribution in [0.15, 0.2) is 52.0 Å². The predicted octanol–water partition coefficient (Wildman–Crippen LogP) is 2.17. The molecule has 34 heavy (non-hydrogen) atoms. The number of hydrogen-bond acceptors (Lipinski definition) is 7. The van der Waals surface area contributed by atoms with Gasteiger partial charge in [0, 0.05) is 0 Å². The molecule has 1 aromatic carbocycles. The number of carbonyl (C=O) groups excluding carboxylic acids is 3. The third-order valence-electron chi connectivity index (χ3n) is 4.28. The summed E-state index contributed by atoms with van der Waals surface area (Å²) in [7, 11) is -4.54. The zero-order chi connectivity index (χ0) is 25.5. The third-order valence-corrected chi connectivity index (χ3v) is 5.71. The molecule has 1 unspecified atom stereocenters. The molecule has 0 aliphatic heterocycles. The van der Waals surface area contributed by atoms with Crippen LogP contribution in [0.3, 0.4) is 0 Å². The van der Waals surface area contributed by atoms with Crippen molar-refractivity contribution < 1.29 is 45.1 Å². The fourth-order valence-corrected chi connectivity index (χ4v) is 3.92. The molecule has 0 aliphatic carbocycles. The molecule has 14 heteroatoms. The van der Waals surface area contributed by atoms with Crippen LogP contribution in [0.25, 0.3) is 0 Å². The number of furan rings is 1. The SMILES string of the molecule is CC(C)C(NS(=O)(=O)c1cccc(C(F)(F)F)c1)C(=O)OCC(=O)NC(=O)NCc1ccco1. The predicted molar refractivity (Wildman–Crippen MR) is 110 cm³/mol. The van der Waals surface area contributed by atoms with Crippen LogP contribution in [0.2, 0.25) is 0 Å². The van der Waals surface area contributed by atoms with Gasteiger partial charge in [-0.25, -0.2) is 13.2 Å². The average Bonchev–Trinajstić information content (AvgIpc) is 3.27. The van der Waals surface area contributed by atoms with Crippen LogP contribution in [0.1, 0.15) is 25.2 Å². The highest BCUT2D eigenvalue weighted by Crippen LogP contribution is 2.30. The van der Waals surface area contributed by atoms with Gasteiger partial charge in [-0.05, 0) is 36.2 Å². The molecule has 10 nitrogen and oxygen atoms in total. The monoisotopic (exact) mass is 505 g/mol. The zero-order valence-corrected chi connectivity index (χ0v) is 18.8. The first-order chi connectivity index (χ1) is 15.8. The van der Waals surface area contributed by atoms with Gasteiger partial charge in [0.05, 0.1) is 23.3 Å². The number of alkyl halides is 3. The second-order valence-electron chi connectivity index (χ2n) is 7.29. The van der Waals surface area contributed by atoms with E-state index in [1.54, 1.807) is 12.1 Å². The maximum atomic E-state index is 12.9. The van der Waals surface area contributed by atoms with Crippen LogP contribution in [0, 0.1) is 5.92 Å². The number of sulfonamides is 1. The van der Waals surface area contributed by atoms with Crippen molar-refractivity contribution in [2.75, 3.05) is 6.61 Å². The number of carbonyl (C=O) groups is 3. The van der Waals surface area contributed by atoms with Gasteiger partial charge in [-0.1, -0.05) is 19.9 Å². The number of rotatable bonds is 9. The van der Waals surface area contributed by atoms with Crippen molar-refractivity contribution in [3.8, 4) is 0 Å². The molecule has 1 heterocycles. The Kier molecular flexibility index (Phi) is 8.81. The molecule has 3 amide bonds. The number of esters is 1. The van der Waals surface area contributed by atoms with Gasteiger partial charge in [-0.3, -0.25) is 14.9 Å². The minimum absolute atomic E-state index is 0.00135. The lowest BCUT2D eigenvalue weighted by atomic mass is 10.1. The molecule has 0 spiro atoms. The molecule has 186 valence electrons. The molecule has 2 rings (SSSR count). The molecule has 1 atom stereocenters.